The molecule has 2 heterocycles. The molecule has 2 aromatic heterocycles. The van der Waals surface area contributed by atoms with E-state index in [1.807, 2.05) is 26.0 Å². The molecule has 8 nitrogen and oxygen atoms in total. The van der Waals surface area contributed by atoms with Crippen LogP contribution in [0.3, 0.4) is 0 Å². The van der Waals surface area contributed by atoms with Crippen LogP contribution in [-0.2, 0) is 13.0 Å². The molecular formula is C20H23N5O3. The van der Waals surface area contributed by atoms with E-state index in [9.17, 15) is 4.79 Å². The van der Waals surface area contributed by atoms with Crippen molar-refractivity contribution in [2.24, 2.45) is 0 Å². The fourth-order valence-corrected chi connectivity index (χ4v) is 3.44. The maximum atomic E-state index is 12.5. The number of nitrogens with one attached hydrogen (secondary N) is 1. The molecule has 0 fully saturated rings. The molecule has 146 valence electrons. The summed E-state index contributed by atoms with van der Waals surface area (Å²) >= 11 is 0. The molecular weight excluding hydrogens is 358 g/mol. The second kappa shape index (κ2) is 7.55. The van der Waals surface area contributed by atoms with Crippen molar-refractivity contribution in [1.29, 1.82) is 0 Å². The van der Waals surface area contributed by atoms with Gasteiger partial charge < -0.3 is 14.9 Å². The van der Waals surface area contributed by atoms with Gasteiger partial charge >= 0.3 is 0 Å². The molecule has 8 heteroatoms. The Hall–Kier alpha value is -3.00. The first-order chi connectivity index (χ1) is 13.5. The monoisotopic (exact) mass is 381 g/mol. The number of carbonyl (C=O) groups excluding carboxylic acids is 1. The molecule has 2 N–H and O–H groups in total. The van der Waals surface area contributed by atoms with E-state index >= 15 is 0 Å². The average Bonchev–Trinajstić information content (AvgIpc) is 3.41. The maximum absolute atomic E-state index is 12.5. The second-order valence-corrected chi connectivity index (χ2v) is 7.30. The largest absolute Gasteiger partial charge is 0.394 e. The van der Waals surface area contributed by atoms with Gasteiger partial charge in [0, 0.05) is 17.7 Å². The van der Waals surface area contributed by atoms with Crippen LogP contribution in [0, 0.1) is 0 Å². The molecule has 0 spiro atoms. The summed E-state index contributed by atoms with van der Waals surface area (Å²) in [4.78, 5) is 17.0. The minimum absolute atomic E-state index is 0.0138. The first-order valence-electron chi connectivity index (χ1n) is 9.46. The standard InChI is InChI=1S/C20H23N5O3/c1-12(2)20-23-18(24-28-20)14-3-5-16-13(9-14)4-6-17(16)22-19(27)15-10-21-25(11-15)7-8-26/h3,5,9-12,17,26H,4,6-8H2,1-2H3,(H,22,27). The van der Waals surface area contributed by atoms with Gasteiger partial charge in [0.25, 0.3) is 5.91 Å². The van der Waals surface area contributed by atoms with E-state index in [1.165, 1.54) is 11.8 Å². The van der Waals surface area contributed by atoms with Crippen LogP contribution in [0.5, 0.6) is 0 Å². The fraction of sp³-hybridized carbons (Fsp3) is 0.400. The van der Waals surface area contributed by atoms with Gasteiger partial charge in [0.1, 0.15) is 0 Å². The number of aromatic nitrogens is 4. The van der Waals surface area contributed by atoms with Crippen LogP contribution in [0.25, 0.3) is 11.4 Å². The van der Waals surface area contributed by atoms with Crippen molar-refractivity contribution in [1.82, 2.24) is 25.2 Å². The summed E-state index contributed by atoms with van der Waals surface area (Å²) in [6, 6.07) is 6.05. The van der Waals surface area contributed by atoms with Crippen molar-refractivity contribution in [3.8, 4) is 11.4 Å². The van der Waals surface area contributed by atoms with E-state index < -0.39 is 0 Å². The summed E-state index contributed by atoms with van der Waals surface area (Å²) in [5, 5.41) is 20.2. The highest BCUT2D eigenvalue weighted by atomic mass is 16.5. The molecule has 0 radical (unpaired) electrons. The SMILES string of the molecule is CC(C)c1nc(-c2ccc3c(c2)CCC3NC(=O)c2cnn(CCO)c2)no1. The zero-order valence-corrected chi connectivity index (χ0v) is 15.9. The maximum Gasteiger partial charge on any atom is 0.254 e. The summed E-state index contributed by atoms with van der Waals surface area (Å²) in [5.41, 5.74) is 3.72. The van der Waals surface area contributed by atoms with Crippen molar-refractivity contribution < 1.29 is 14.4 Å². The summed E-state index contributed by atoms with van der Waals surface area (Å²) in [6.45, 7) is 4.39. The minimum Gasteiger partial charge on any atom is -0.394 e. The molecule has 4 rings (SSSR count). The highest BCUT2D eigenvalue weighted by Crippen LogP contribution is 2.34. The predicted molar refractivity (Wildman–Crippen MR) is 102 cm³/mol. The van der Waals surface area contributed by atoms with E-state index in [4.69, 9.17) is 9.63 Å². The number of benzene rings is 1. The van der Waals surface area contributed by atoms with E-state index in [2.05, 4.69) is 26.6 Å². The Morgan fingerprint density at radius 1 is 1.43 bits per heavy atom. The zero-order valence-electron chi connectivity index (χ0n) is 15.9. The number of fused-ring (bicyclic) bond motifs is 1. The number of hydrogen-bond donors (Lipinski definition) is 2. The van der Waals surface area contributed by atoms with Gasteiger partial charge in [-0.25, -0.2) is 0 Å². The Labute approximate surface area is 162 Å². The average molecular weight is 381 g/mol. The molecule has 3 aromatic rings. The highest BCUT2D eigenvalue weighted by molar-refractivity contribution is 5.94. The molecule has 0 aliphatic heterocycles. The van der Waals surface area contributed by atoms with Gasteiger partial charge in [-0.15, -0.1) is 0 Å². The van der Waals surface area contributed by atoms with Gasteiger partial charge in [-0.1, -0.05) is 31.1 Å². The normalized spacial score (nSPS) is 15.8. The number of aliphatic hydroxyl groups is 1. The molecule has 28 heavy (non-hydrogen) atoms. The molecule has 1 aliphatic carbocycles. The smallest absolute Gasteiger partial charge is 0.254 e. The lowest BCUT2D eigenvalue weighted by Crippen LogP contribution is -2.26. The Morgan fingerprint density at radius 3 is 3.04 bits per heavy atom. The lowest BCUT2D eigenvalue weighted by Gasteiger charge is -2.13. The number of aryl methyl sites for hydroxylation is 1. The van der Waals surface area contributed by atoms with Gasteiger partial charge in [-0.3, -0.25) is 9.48 Å². The minimum atomic E-state index is -0.161. The highest BCUT2D eigenvalue weighted by Gasteiger charge is 2.25. The van der Waals surface area contributed by atoms with Crippen molar-refractivity contribution in [3.63, 3.8) is 0 Å². The van der Waals surface area contributed by atoms with Crippen LogP contribution in [-0.4, -0.2) is 37.5 Å². The Bertz CT molecular complexity index is 991. The molecule has 1 atom stereocenters. The van der Waals surface area contributed by atoms with Crippen LogP contribution in [0.4, 0.5) is 0 Å². The van der Waals surface area contributed by atoms with Gasteiger partial charge in [0.05, 0.1) is 31.0 Å². The van der Waals surface area contributed by atoms with Gasteiger partial charge in [0.2, 0.25) is 11.7 Å². The van der Waals surface area contributed by atoms with Crippen LogP contribution in [0.1, 0.15) is 59.6 Å². The van der Waals surface area contributed by atoms with Crippen molar-refractivity contribution in [2.75, 3.05) is 6.61 Å². The molecule has 0 bridgehead atoms. The lowest BCUT2D eigenvalue weighted by atomic mass is 10.0. The number of hydrogen-bond acceptors (Lipinski definition) is 6. The molecule has 1 amide bonds. The summed E-state index contributed by atoms with van der Waals surface area (Å²) in [5.74, 6) is 1.25. The number of aliphatic hydroxyl groups excluding tert-OH is 1. The molecule has 1 aliphatic rings. The third kappa shape index (κ3) is 3.55. The molecule has 1 aromatic carbocycles. The van der Waals surface area contributed by atoms with E-state index in [0.29, 0.717) is 23.8 Å². The zero-order chi connectivity index (χ0) is 19.7. The van der Waals surface area contributed by atoms with Crippen molar-refractivity contribution >= 4 is 5.91 Å². The Morgan fingerprint density at radius 2 is 2.29 bits per heavy atom. The van der Waals surface area contributed by atoms with Gasteiger partial charge in [0.15, 0.2) is 0 Å². The number of nitrogens with zero attached hydrogens (tertiary/aromatic N) is 4. The summed E-state index contributed by atoms with van der Waals surface area (Å²) in [7, 11) is 0. The first-order valence-corrected chi connectivity index (χ1v) is 9.46. The van der Waals surface area contributed by atoms with Gasteiger partial charge in [-0.2, -0.15) is 10.1 Å². The van der Waals surface area contributed by atoms with Gasteiger partial charge in [-0.05, 0) is 30.0 Å². The predicted octanol–water partition coefficient (Wildman–Crippen LogP) is 2.47. The first kappa shape index (κ1) is 18.4. The fourth-order valence-electron chi connectivity index (χ4n) is 3.44. The number of rotatable bonds is 6. The third-order valence-electron chi connectivity index (χ3n) is 4.94. The van der Waals surface area contributed by atoms with E-state index in [0.717, 1.165) is 24.0 Å². The second-order valence-electron chi connectivity index (χ2n) is 7.30. The van der Waals surface area contributed by atoms with E-state index in [1.54, 1.807) is 10.9 Å². The molecule has 1 unspecified atom stereocenters. The van der Waals surface area contributed by atoms with Crippen molar-refractivity contribution in [3.05, 3.63) is 53.2 Å². The third-order valence-corrected chi connectivity index (χ3v) is 4.94. The number of amides is 1. The topological polar surface area (TPSA) is 106 Å². The number of carbonyl (C=O) groups is 1. The van der Waals surface area contributed by atoms with Crippen molar-refractivity contribution in [2.45, 2.75) is 45.2 Å². The van der Waals surface area contributed by atoms with E-state index in [-0.39, 0.29) is 24.5 Å². The van der Waals surface area contributed by atoms with Crippen LogP contribution < -0.4 is 5.32 Å². The van der Waals surface area contributed by atoms with Crippen LogP contribution in [0.15, 0.2) is 35.1 Å². The Kier molecular flexibility index (Phi) is 4.95. The molecule has 0 saturated heterocycles. The molecule has 0 saturated carbocycles. The van der Waals surface area contributed by atoms with Crippen LogP contribution >= 0.6 is 0 Å². The van der Waals surface area contributed by atoms with Crippen LogP contribution in [0.2, 0.25) is 0 Å². The Balaban J connectivity index is 1.49. The summed E-state index contributed by atoms with van der Waals surface area (Å²) < 4.78 is 6.86. The summed E-state index contributed by atoms with van der Waals surface area (Å²) in [6.07, 6.45) is 4.89. The lowest BCUT2D eigenvalue weighted by molar-refractivity contribution is 0.0936. The quantitative estimate of drug-likeness (QED) is 0.679.